The Hall–Kier alpha value is -1.55. The van der Waals surface area contributed by atoms with Crippen molar-refractivity contribution < 1.29 is 9.59 Å². The van der Waals surface area contributed by atoms with Crippen LogP contribution in [-0.4, -0.2) is 31.3 Å². The summed E-state index contributed by atoms with van der Waals surface area (Å²) in [7, 11) is 0. The SMILES string of the molecule is CCC1C(=O)NCCN1c1cccc(Cl)c1C=O. The highest BCUT2D eigenvalue weighted by molar-refractivity contribution is 6.33. The minimum absolute atomic E-state index is 0.000532. The zero-order valence-electron chi connectivity index (χ0n) is 10.1. The van der Waals surface area contributed by atoms with Gasteiger partial charge >= 0.3 is 0 Å². The van der Waals surface area contributed by atoms with Gasteiger partial charge < -0.3 is 10.2 Å². The maximum absolute atomic E-state index is 11.8. The van der Waals surface area contributed by atoms with Gasteiger partial charge in [0.1, 0.15) is 6.04 Å². The van der Waals surface area contributed by atoms with E-state index < -0.39 is 0 Å². The van der Waals surface area contributed by atoms with Crippen LogP contribution in [0.3, 0.4) is 0 Å². The maximum atomic E-state index is 11.8. The third kappa shape index (κ3) is 2.20. The Morgan fingerprint density at radius 3 is 3.00 bits per heavy atom. The molecule has 1 heterocycles. The van der Waals surface area contributed by atoms with Crippen LogP contribution in [0.2, 0.25) is 5.02 Å². The normalized spacial score (nSPS) is 19.6. The summed E-state index contributed by atoms with van der Waals surface area (Å²) in [6.07, 6.45) is 1.44. The Morgan fingerprint density at radius 1 is 1.56 bits per heavy atom. The molecule has 2 rings (SSSR count). The summed E-state index contributed by atoms with van der Waals surface area (Å²) in [5, 5.41) is 3.25. The molecule has 4 nitrogen and oxygen atoms in total. The van der Waals surface area contributed by atoms with Gasteiger partial charge in [-0.15, -0.1) is 0 Å². The molecule has 1 aromatic rings. The number of hydrogen-bond donors (Lipinski definition) is 1. The van der Waals surface area contributed by atoms with E-state index >= 15 is 0 Å². The molecule has 1 aliphatic rings. The first-order valence-corrected chi connectivity index (χ1v) is 6.35. The van der Waals surface area contributed by atoms with Gasteiger partial charge in [-0.25, -0.2) is 0 Å². The minimum Gasteiger partial charge on any atom is -0.357 e. The molecule has 1 saturated heterocycles. The fourth-order valence-electron chi connectivity index (χ4n) is 2.30. The van der Waals surface area contributed by atoms with Crippen LogP contribution in [0.5, 0.6) is 0 Å². The Kier molecular flexibility index (Phi) is 3.87. The van der Waals surface area contributed by atoms with Crippen molar-refractivity contribution in [3.63, 3.8) is 0 Å². The molecule has 0 saturated carbocycles. The van der Waals surface area contributed by atoms with Gasteiger partial charge in [-0.3, -0.25) is 9.59 Å². The Bertz CT molecular complexity index is 476. The largest absolute Gasteiger partial charge is 0.357 e. The van der Waals surface area contributed by atoms with Crippen molar-refractivity contribution in [1.29, 1.82) is 0 Å². The van der Waals surface area contributed by atoms with Crippen molar-refractivity contribution >= 4 is 29.5 Å². The lowest BCUT2D eigenvalue weighted by molar-refractivity contribution is -0.123. The highest BCUT2D eigenvalue weighted by Gasteiger charge is 2.29. The third-order valence-corrected chi connectivity index (χ3v) is 3.50. The average Bonchev–Trinajstić information content (AvgIpc) is 2.38. The fraction of sp³-hybridized carbons (Fsp3) is 0.385. The molecule has 0 aliphatic carbocycles. The van der Waals surface area contributed by atoms with Crippen molar-refractivity contribution in [3.8, 4) is 0 Å². The van der Waals surface area contributed by atoms with Crippen LogP contribution in [0.25, 0.3) is 0 Å². The molecule has 1 fully saturated rings. The lowest BCUT2D eigenvalue weighted by Gasteiger charge is -2.37. The van der Waals surface area contributed by atoms with E-state index in [9.17, 15) is 9.59 Å². The van der Waals surface area contributed by atoms with Crippen molar-refractivity contribution in [2.45, 2.75) is 19.4 Å². The van der Waals surface area contributed by atoms with Gasteiger partial charge in [0.25, 0.3) is 0 Å². The monoisotopic (exact) mass is 266 g/mol. The first kappa shape index (κ1) is 12.9. The van der Waals surface area contributed by atoms with Crippen molar-refractivity contribution in [2.75, 3.05) is 18.0 Å². The maximum Gasteiger partial charge on any atom is 0.242 e. The highest BCUT2D eigenvalue weighted by Crippen LogP contribution is 2.28. The number of benzene rings is 1. The van der Waals surface area contributed by atoms with Crippen molar-refractivity contribution in [3.05, 3.63) is 28.8 Å². The molecule has 1 amide bonds. The van der Waals surface area contributed by atoms with Crippen LogP contribution < -0.4 is 10.2 Å². The van der Waals surface area contributed by atoms with E-state index in [4.69, 9.17) is 11.6 Å². The number of aldehydes is 1. The highest BCUT2D eigenvalue weighted by atomic mass is 35.5. The quantitative estimate of drug-likeness (QED) is 0.850. The van der Waals surface area contributed by atoms with Gasteiger partial charge in [-0.05, 0) is 18.6 Å². The van der Waals surface area contributed by atoms with Crippen molar-refractivity contribution in [2.24, 2.45) is 0 Å². The van der Waals surface area contributed by atoms with Crippen LogP contribution in [-0.2, 0) is 4.79 Å². The lowest BCUT2D eigenvalue weighted by Crippen LogP contribution is -2.55. The molecule has 0 aromatic heterocycles. The minimum atomic E-state index is -0.240. The van der Waals surface area contributed by atoms with Crippen LogP contribution in [0, 0.1) is 0 Å². The van der Waals surface area contributed by atoms with Gasteiger partial charge in [0, 0.05) is 18.8 Å². The molecule has 96 valence electrons. The van der Waals surface area contributed by atoms with Crippen LogP contribution in [0.15, 0.2) is 18.2 Å². The number of halogens is 1. The summed E-state index contributed by atoms with van der Waals surface area (Å²) in [4.78, 5) is 24.9. The zero-order chi connectivity index (χ0) is 13.1. The Labute approximate surface area is 111 Å². The summed E-state index contributed by atoms with van der Waals surface area (Å²) >= 11 is 6.02. The second-order valence-corrected chi connectivity index (χ2v) is 4.61. The first-order chi connectivity index (χ1) is 8.69. The number of carbonyl (C=O) groups excluding carboxylic acids is 2. The van der Waals surface area contributed by atoms with E-state index in [0.717, 1.165) is 12.0 Å². The molecular formula is C13H15ClN2O2. The van der Waals surface area contributed by atoms with E-state index in [1.165, 1.54) is 0 Å². The molecular weight excluding hydrogens is 252 g/mol. The summed E-state index contributed by atoms with van der Waals surface area (Å²) in [5.41, 5.74) is 1.19. The van der Waals surface area contributed by atoms with Crippen LogP contribution in [0.1, 0.15) is 23.7 Å². The molecule has 0 bridgehead atoms. The molecule has 1 N–H and O–H groups in total. The van der Waals surface area contributed by atoms with Crippen molar-refractivity contribution in [1.82, 2.24) is 5.32 Å². The third-order valence-electron chi connectivity index (χ3n) is 3.17. The summed E-state index contributed by atoms with van der Waals surface area (Å²) in [6.45, 7) is 3.22. The van der Waals surface area contributed by atoms with E-state index in [-0.39, 0.29) is 11.9 Å². The van der Waals surface area contributed by atoms with Gasteiger partial charge in [-0.1, -0.05) is 24.6 Å². The van der Waals surface area contributed by atoms with E-state index in [0.29, 0.717) is 30.1 Å². The van der Waals surface area contributed by atoms with Crippen LogP contribution in [0.4, 0.5) is 5.69 Å². The Morgan fingerprint density at radius 2 is 2.33 bits per heavy atom. The number of carbonyl (C=O) groups is 2. The number of anilines is 1. The number of nitrogens with one attached hydrogen (secondary N) is 1. The van der Waals surface area contributed by atoms with Crippen LogP contribution >= 0.6 is 11.6 Å². The van der Waals surface area contributed by atoms with E-state index in [2.05, 4.69) is 5.32 Å². The predicted octanol–water partition coefficient (Wildman–Crippen LogP) is 1.87. The van der Waals surface area contributed by atoms with Gasteiger partial charge in [0.2, 0.25) is 5.91 Å². The van der Waals surface area contributed by atoms with E-state index in [1.54, 1.807) is 12.1 Å². The van der Waals surface area contributed by atoms with E-state index in [1.807, 2.05) is 17.9 Å². The molecule has 1 aromatic carbocycles. The number of piperazine rings is 1. The summed E-state index contributed by atoms with van der Waals surface area (Å²) in [6, 6.07) is 5.07. The number of nitrogens with zero attached hydrogens (tertiary/aromatic N) is 1. The first-order valence-electron chi connectivity index (χ1n) is 5.97. The van der Waals surface area contributed by atoms with Gasteiger partial charge in [0.15, 0.2) is 6.29 Å². The predicted molar refractivity (Wildman–Crippen MR) is 71.3 cm³/mol. The van der Waals surface area contributed by atoms with Gasteiger partial charge in [-0.2, -0.15) is 0 Å². The van der Waals surface area contributed by atoms with Gasteiger partial charge in [0.05, 0.1) is 10.6 Å². The molecule has 1 aliphatic heterocycles. The lowest BCUT2D eigenvalue weighted by atomic mass is 10.1. The number of amides is 1. The topological polar surface area (TPSA) is 49.4 Å². The fourth-order valence-corrected chi connectivity index (χ4v) is 2.52. The second kappa shape index (κ2) is 5.40. The molecule has 1 atom stereocenters. The molecule has 0 radical (unpaired) electrons. The molecule has 1 unspecified atom stereocenters. The second-order valence-electron chi connectivity index (χ2n) is 4.20. The molecule has 0 spiro atoms. The molecule has 5 heteroatoms. The zero-order valence-corrected chi connectivity index (χ0v) is 10.9. The summed E-state index contributed by atoms with van der Waals surface area (Å²) < 4.78 is 0. The smallest absolute Gasteiger partial charge is 0.242 e. The standard InChI is InChI=1S/C13H15ClN2O2/c1-2-11-13(18)15-6-7-16(11)12-5-3-4-10(14)9(12)8-17/h3-5,8,11H,2,6-7H2,1H3,(H,15,18). The number of rotatable bonds is 3. The Balaban J connectivity index is 2.43. The number of hydrogen-bond acceptors (Lipinski definition) is 3. The summed E-state index contributed by atoms with van der Waals surface area (Å²) in [5.74, 6) is 0.000532. The average molecular weight is 267 g/mol. The molecule has 18 heavy (non-hydrogen) atoms.